The number of ether oxygens (including phenoxy) is 1. The number of aliphatic hydroxyl groups excluding tert-OH is 1. The molecule has 0 aromatic rings. The molecule has 0 fully saturated rings. The Morgan fingerprint density at radius 2 is 2.20 bits per heavy atom. The van der Waals surface area contributed by atoms with Crippen LogP contribution in [0.4, 0.5) is 0 Å². The zero-order chi connectivity index (χ0) is 11.5. The van der Waals surface area contributed by atoms with E-state index >= 15 is 0 Å². The maximum Gasteiger partial charge on any atom is 0.303 e. The number of hydrogen-bond donors (Lipinski definition) is 3. The monoisotopic (exact) mass is 219 g/mol. The molecule has 0 amide bonds. The molecule has 5 nitrogen and oxygen atoms in total. The topological polar surface area (TPSA) is 78.8 Å². The Balaban J connectivity index is 3.39. The van der Waals surface area contributed by atoms with E-state index < -0.39 is 5.97 Å². The van der Waals surface area contributed by atoms with Gasteiger partial charge in [-0.1, -0.05) is 0 Å². The van der Waals surface area contributed by atoms with Crippen LogP contribution in [-0.2, 0) is 9.53 Å². The van der Waals surface area contributed by atoms with Crippen LogP contribution in [0.15, 0.2) is 0 Å². The lowest BCUT2D eigenvalue weighted by Crippen LogP contribution is -2.34. The second kappa shape index (κ2) is 9.89. The van der Waals surface area contributed by atoms with Gasteiger partial charge in [0.25, 0.3) is 0 Å². The molecule has 15 heavy (non-hydrogen) atoms. The lowest BCUT2D eigenvalue weighted by Gasteiger charge is -2.16. The predicted octanol–water partition coefficient (Wildman–Crippen LogP) is 0.228. The minimum Gasteiger partial charge on any atom is -0.481 e. The van der Waals surface area contributed by atoms with Gasteiger partial charge in [0.2, 0.25) is 0 Å². The molecule has 0 aromatic heterocycles. The molecule has 0 rings (SSSR count). The second-order valence-electron chi connectivity index (χ2n) is 3.47. The van der Waals surface area contributed by atoms with Crippen molar-refractivity contribution in [2.24, 2.45) is 0 Å². The number of aliphatic carboxylic acids is 1. The molecule has 0 saturated carbocycles. The van der Waals surface area contributed by atoms with Crippen LogP contribution in [-0.4, -0.2) is 49.1 Å². The van der Waals surface area contributed by atoms with Gasteiger partial charge in [-0.05, 0) is 25.8 Å². The number of nitrogens with one attached hydrogen (secondary N) is 1. The molecule has 0 aliphatic rings. The Hall–Kier alpha value is -0.650. The summed E-state index contributed by atoms with van der Waals surface area (Å²) >= 11 is 0. The molecule has 0 spiro atoms. The van der Waals surface area contributed by atoms with E-state index in [0.717, 1.165) is 13.0 Å². The maximum atomic E-state index is 10.2. The molecular formula is C10H21NO4. The smallest absolute Gasteiger partial charge is 0.303 e. The average Bonchev–Trinajstić information content (AvgIpc) is 2.17. The number of unbranched alkanes of at least 4 members (excludes halogenated alkanes) is 1. The average molecular weight is 219 g/mol. The largest absolute Gasteiger partial charge is 0.481 e. The van der Waals surface area contributed by atoms with Crippen molar-refractivity contribution in [3.63, 3.8) is 0 Å². The van der Waals surface area contributed by atoms with Crippen molar-refractivity contribution in [2.75, 3.05) is 26.9 Å². The van der Waals surface area contributed by atoms with Crippen LogP contribution in [0.1, 0.15) is 25.7 Å². The molecule has 3 N–H and O–H groups in total. The Kier molecular flexibility index (Phi) is 9.46. The molecule has 0 heterocycles. The van der Waals surface area contributed by atoms with Crippen molar-refractivity contribution < 1.29 is 19.7 Å². The number of hydrogen-bond acceptors (Lipinski definition) is 4. The van der Waals surface area contributed by atoms with E-state index in [2.05, 4.69) is 5.32 Å². The molecular weight excluding hydrogens is 198 g/mol. The van der Waals surface area contributed by atoms with Gasteiger partial charge in [-0.3, -0.25) is 4.79 Å². The third-order valence-corrected chi connectivity index (χ3v) is 2.10. The molecule has 0 aliphatic carbocycles. The molecule has 0 radical (unpaired) electrons. The molecule has 90 valence electrons. The van der Waals surface area contributed by atoms with E-state index in [0.29, 0.717) is 19.4 Å². The van der Waals surface area contributed by atoms with E-state index in [-0.39, 0.29) is 19.1 Å². The van der Waals surface area contributed by atoms with Crippen molar-refractivity contribution in [1.82, 2.24) is 5.32 Å². The highest BCUT2D eigenvalue weighted by molar-refractivity contribution is 5.66. The summed E-state index contributed by atoms with van der Waals surface area (Å²) in [7, 11) is 1.62. The maximum absolute atomic E-state index is 10.2. The van der Waals surface area contributed by atoms with Gasteiger partial charge in [-0.15, -0.1) is 0 Å². The van der Waals surface area contributed by atoms with Crippen molar-refractivity contribution in [3.05, 3.63) is 0 Å². The zero-order valence-corrected chi connectivity index (χ0v) is 9.24. The van der Waals surface area contributed by atoms with E-state index in [1.54, 1.807) is 7.11 Å². The minimum absolute atomic E-state index is 0.135. The first-order valence-corrected chi connectivity index (χ1v) is 5.25. The molecule has 1 unspecified atom stereocenters. The van der Waals surface area contributed by atoms with Gasteiger partial charge in [-0.2, -0.15) is 0 Å². The normalized spacial score (nSPS) is 12.7. The summed E-state index contributed by atoms with van der Waals surface area (Å²) in [6, 6.07) is 0.157. The summed E-state index contributed by atoms with van der Waals surface area (Å²) < 4.78 is 4.98. The third kappa shape index (κ3) is 9.65. The van der Waals surface area contributed by atoms with Crippen molar-refractivity contribution in [1.29, 1.82) is 0 Å². The van der Waals surface area contributed by atoms with Gasteiger partial charge in [-0.25, -0.2) is 0 Å². The van der Waals surface area contributed by atoms with Gasteiger partial charge in [0.05, 0.1) is 6.61 Å². The highest BCUT2D eigenvalue weighted by Gasteiger charge is 2.06. The summed E-state index contributed by atoms with van der Waals surface area (Å²) in [5.41, 5.74) is 0. The molecule has 1 atom stereocenters. The lowest BCUT2D eigenvalue weighted by molar-refractivity contribution is -0.137. The number of rotatable bonds is 10. The quantitative estimate of drug-likeness (QED) is 0.458. The molecule has 0 aromatic carbocycles. The fourth-order valence-electron chi connectivity index (χ4n) is 1.31. The van der Waals surface area contributed by atoms with Crippen LogP contribution in [0.25, 0.3) is 0 Å². The first-order valence-electron chi connectivity index (χ1n) is 5.25. The Morgan fingerprint density at radius 1 is 1.47 bits per heavy atom. The van der Waals surface area contributed by atoms with Crippen LogP contribution < -0.4 is 5.32 Å². The zero-order valence-electron chi connectivity index (χ0n) is 9.24. The van der Waals surface area contributed by atoms with Gasteiger partial charge in [0.15, 0.2) is 0 Å². The molecule has 0 saturated heterocycles. The van der Waals surface area contributed by atoms with Crippen LogP contribution >= 0.6 is 0 Å². The fourth-order valence-corrected chi connectivity index (χ4v) is 1.31. The van der Waals surface area contributed by atoms with Crippen LogP contribution in [0.2, 0.25) is 0 Å². The van der Waals surface area contributed by atoms with E-state index in [1.165, 1.54) is 0 Å². The standard InChI is InChI=1S/C10H21NO4/c1-15-8-9(5-7-12)11-6-3-2-4-10(13)14/h9,11-12H,2-8H2,1H3,(H,13,14). The molecule has 0 aliphatic heterocycles. The van der Waals surface area contributed by atoms with Crippen molar-refractivity contribution in [2.45, 2.75) is 31.7 Å². The first-order chi connectivity index (χ1) is 7.20. The van der Waals surface area contributed by atoms with E-state index in [4.69, 9.17) is 14.9 Å². The SMILES string of the molecule is COCC(CCO)NCCCCC(=O)O. The summed E-state index contributed by atoms with van der Waals surface area (Å²) in [6.07, 6.45) is 2.39. The van der Waals surface area contributed by atoms with Gasteiger partial charge < -0.3 is 20.3 Å². The summed E-state index contributed by atoms with van der Waals surface area (Å²) in [5.74, 6) is -0.751. The minimum atomic E-state index is -0.751. The Bertz CT molecular complexity index is 158. The van der Waals surface area contributed by atoms with Gasteiger partial charge in [0.1, 0.15) is 0 Å². The van der Waals surface area contributed by atoms with Gasteiger partial charge in [0, 0.05) is 26.2 Å². The van der Waals surface area contributed by atoms with Crippen LogP contribution in [0, 0.1) is 0 Å². The number of carbonyl (C=O) groups is 1. The summed E-state index contributed by atoms with van der Waals surface area (Å²) in [5, 5.41) is 20.4. The number of carboxylic acids is 1. The number of methoxy groups -OCH3 is 1. The molecule has 0 bridgehead atoms. The highest BCUT2D eigenvalue weighted by Crippen LogP contribution is 1.96. The van der Waals surface area contributed by atoms with Crippen LogP contribution in [0.5, 0.6) is 0 Å². The Labute approximate surface area is 90.4 Å². The van der Waals surface area contributed by atoms with Gasteiger partial charge >= 0.3 is 5.97 Å². The fraction of sp³-hybridized carbons (Fsp3) is 0.900. The third-order valence-electron chi connectivity index (χ3n) is 2.10. The Morgan fingerprint density at radius 3 is 2.73 bits per heavy atom. The first kappa shape index (κ1) is 14.3. The molecule has 5 heteroatoms. The van der Waals surface area contributed by atoms with E-state index in [9.17, 15) is 4.79 Å². The lowest BCUT2D eigenvalue weighted by atomic mass is 10.2. The van der Waals surface area contributed by atoms with Crippen molar-refractivity contribution in [3.8, 4) is 0 Å². The highest BCUT2D eigenvalue weighted by atomic mass is 16.5. The second-order valence-corrected chi connectivity index (χ2v) is 3.47. The number of aliphatic hydroxyl groups is 1. The predicted molar refractivity (Wildman–Crippen MR) is 56.9 cm³/mol. The van der Waals surface area contributed by atoms with E-state index in [1.807, 2.05) is 0 Å². The van der Waals surface area contributed by atoms with Crippen LogP contribution in [0.3, 0.4) is 0 Å². The van der Waals surface area contributed by atoms with Crippen molar-refractivity contribution >= 4 is 5.97 Å². The number of carboxylic acid groups (broad SMARTS) is 1. The summed E-state index contributed by atoms with van der Waals surface area (Å²) in [6.45, 7) is 1.47. The summed E-state index contributed by atoms with van der Waals surface area (Å²) in [4.78, 5) is 10.2.